The number of hydrogen-bond donors (Lipinski definition) is 0. The number of halogens is 3. The van der Waals surface area contributed by atoms with Crippen LogP contribution < -0.4 is 9.64 Å². The third kappa shape index (κ3) is 5.84. The summed E-state index contributed by atoms with van der Waals surface area (Å²) in [5, 5.41) is -0.113. The predicted molar refractivity (Wildman–Crippen MR) is 104 cm³/mol. The minimum atomic E-state index is -5.02. The van der Waals surface area contributed by atoms with Crippen LogP contribution in [0.3, 0.4) is 0 Å². The molecule has 0 bridgehead atoms. The second kappa shape index (κ2) is 8.47. The topological polar surface area (TPSA) is 38.8 Å². The molecule has 27 heavy (non-hydrogen) atoms. The molecular formula is C19H28F3NO3Si. The third-order valence-corrected chi connectivity index (χ3v) is 9.34. The van der Waals surface area contributed by atoms with Crippen molar-refractivity contribution in [3.05, 3.63) is 36.9 Å². The van der Waals surface area contributed by atoms with Gasteiger partial charge in [-0.2, -0.15) is 13.2 Å². The molecule has 1 atom stereocenters. The number of benzene rings is 1. The molecule has 0 saturated carbocycles. The van der Waals surface area contributed by atoms with Gasteiger partial charge in [-0.15, -0.1) is 6.58 Å². The summed E-state index contributed by atoms with van der Waals surface area (Å²) in [5.74, 6) is -1.48. The lowest BCUT2D eigenvalue weighted by molar-refractivity contribution is -0.170. The van der Waals surface area contributed by atoms with E-state index in [1.807, 2.05) is 33.9 Å². The summed E-state index contributed by atoms with van der Waals surface area (Å²) in [7, 11) is -0.762. The Morgan fingerprint density at radius 3 is 2.11 bits per heavy atom. The van der Waals surface area contributed by atoms with Gasteiger partial charge in [-0.05, 0) is 42.4 Å². The maximum atomic E-state index is 13.2. The van der Waals surface area contributed by atoms with Crippen LogP contribution in [0.2, 0.25) is 18.1 Å². The van der Waals surface area contributed by atoms with Crippen molar-refractivity contribution in [3.8, 4) is 5.75 Å². The molecule has 0 aliphatic carbocycles. The van der Waals surface area contributed by atoms with Crippen LogP contribution >= 0.6 is 0 Å². The van der Waals surface area contributed by atoms with E-state index in [2.05, 4.69) is 6.58 Å². The standard InChI is InChI=1S/C19H28F3NO3Si/c1-8-14(13-26-27(6,7)18(2,3)4)23(17(24)19(20,21)22)15-9-11-16(25-5)12-10-15/h8-12,14H,1,13H2,2-7H3/t14-/m1/s1. The van der Waals surface area contributed by atoms with Crippen LogP contribution in [0.4, 0.5) is 18.9 Å². The lowest BCUT2D eigenvalue weighted by atomic mass is 10.2. The number of amides is 1. The molecule has 0 fully saturated rings. The molecule has 1 aromatic rings. The average Bonchev–Trinajstić information content (AvgIpc) is 2.56. The van der Waals surface area contributed by atoms with Crippen molar-refractivity contribution in [2.24, 2.45) is 0 Å². The van der Waals surface area contributed by atoms with Crippen molar-refractivity contribution in [3.63, 3.8) is 0 Å². The van der Waals surface area contributed by atoms with E-state index < -0.39 is 26.4 Å². The van der Waals surface area contributed by atoms with Crippen molar-refractivity contribution >= 4 is 19.9 Å². The first-order valence-electron chi connectivity index (χ1n) is 8.55. The van der Waals surface area contributed by atoms with Gasteiger partial charge in [0.15, 0.2) is 8.32 Å². The smallest absolute Gasteiger partial charge is 0.471 e. The Kier molecular flexibility index (Phi) is 7.29. The number of ether oxygens (including phenoxy) is 1. The summed E-state index contributed by atoms with van der Waals surface area (Å²) >= 11 is 0. The van der Waals surface area contributed by atoms with Crippen molar-refractivity contribution in [2.45, 2.75) is 51.1 Å². The van der Waals surface area contributed by atoms with E-state index in [1.54, 1.807) is 0 Å². The number of anilines is 1. The summed E-state index contributed by atoms with van der Waals surface area (Å²) in [6.45, 7) is 13.6. The van der Waals surface area contributed by atoms with Crippen molar-refractivity contribution in [1.82, 2.24) is 0 Å². The fourth-order valence-electron chi connectivity index (χ4n) is 2.10. The molecule has 0 spiro atoms. The Morgan fingerprint density at radius 2 is 1.74 bits per heavy atom. The fourth-order valence-corrected chi connectivity index (χ4v) is 3.12. The molecule has 0 unspecified atom stereocenters. The first kappa shape index (κ1) is 23.2. The minimum Gasteiger partial charge on any atom is -0.497 e. The summed E-state index contributed by atoms with van der Waals surface area (Å²) in [4.78, 5) is 12.8. The summed E-state index contributed by atoms with van der Waals surface area (Å²) < 4.78 is 50.7. The Balaban J connectivity index is 3.22. The number of carbonyl (C=O) groups excluding carboxylic acids is 1. The normalized spacial score (nSPS) is 13.8. The van der Waals surface area contributed by atoms with E-state index in [-0.39, 0.29) is 17.3 Å². The van der Waals surface area contributed by atoms with Crippen LogP contribution in [0.15, 0.2) is 36.9 Å². The van der Waals surface area contributed by atoms with E-state index >= 15 is 0 Å². The van der Waals surface area contributed by atoms with Gasteiger partial charge in [0.25, 0.3) is 0 Å². The summed E-state index contributed by atoms with van der Waals surface area (Å²) in [5.41, 5.74) is 0.0989. The van der Waals surface area contributed by atoms with Crippen molar-refractivity contribution in [1.29, 1.82) is 0 Å². The average molecular weight is 404 g/mol. The zero-order valence-corrected chi connectivity index (χ0v) is 17.7. The summed E-state index contributed by atoms with van der Waals surface area (Å²) in [6, 6.07) is 4.86. The molecule has 4 nitrogen and oxygen atoms in total. The highest BCUT2D eigenvalue weighted by atomic mass is 28.4. The maximum absolute atomic E-state index is 13.2. The Bertz CT molecular complexity index is 652. The fraction of sp³-hybridized carbons (Fsp3) is 0.526. The zero-order valence-electron chi connectivity index (χ0n) is 16.7. The molecule has 1 aromatic carbocycles. The predicted octanol–water partition coefficient (Wildman–Crippen LogP) is 5.17. The SMILES string of the molecule is C=C[C@H](CO[Si](C)(C)C(C)(C)C)N(C(=O)C(F)(F)F)c1ccc(OC)cc1. The van der Waals surface area contributed by atoms with Crippen LogP contribution in [0, 0.1) is 0 Å². The quantitative estimate of drug-likeness (QED) is 0.466. The number of carbonyl (C=O) groups is 1. The molecule has 1 rings (SSSR count). The molecule has 0 N–H and O–H groups in total. The molecule has 0 aliphatic heterocycles. The second-order valence-electron chi connectivity index (χ2n) is 7.75. The lowest BCUT2D eigenvalue weighted by Gasteiger charge is -2.39. The van der Waals surface area contributed by atoms with Crippen LogP contribution in [-0.2, 0) is 9.22 Å². The van der Waals surface area contributed by atoms with Gasteiger partial charge < -0.3 is 9.16 Å². The minimum absolute atomic E-state index is 0.0617. The Morgan fingerprint density at radius 1 is 1.22 bits per heavy atom. The zero-order chi connectivity index (χ0) is 21.0. The number of rotatable bonds is 7. The van der Waals surface area contributed by atoms with Crippen molar-refractivity contribution in [2.75, 3.05) is 18.6 Å². The van der Waals surface area contributed by atoms with Gasteiger partial charge in [0, 0.05) is 5.69 Å². The summed E-state index contributed by atoms with van der Waals surface area (Å²) in [6.07, 6.45) is -3.71. The highest BCUT2D eigenvalue weighted by Crippen LogP contribution is 2.37. The van der Waals surface area contributed by atoms with E-state index in [1.165, 1.54) is 37.5 Å². The molecule has 0 aliphatic rings. The van der Waals surface area contributed by atoms with Gasteiger partial charge in [-0.1, -0.05) is 26.8 Å². The molecule has 8 heteroatoms. The molecule has 152 valence electrons. The van der Waals surface area contributed by atoms with Gasteiger partial charge in [0.2, 0.25) is 0 Å². The number of nitrogens with zero attached hydrogens (tertiary/aromatic N) is 1. The van der Waals surface area contributed by atoms with E-state index in [9.17, 15) is 18.0 Å². The van der Waals surface area contributed by atoms with E-state index in [0.29, 0.717) is 10.6 Å². The molecule has 0 aromatic heterocycles. The largest absolute Gasteiger partial charge is 0.497 e. The number of methoxy groups -OCH3 is 1. The Labute approximate surface area is 160 Å². The number of hydrogen-bond acceptors (Lipinski definition) is 3. The maximum Gasteiger partial charge on any atom is 0.471 e. The van der Waals surface area contributed by atoms with Gasteiger partial charge >= 0.3 is 12.1 Å². The van der Waals surface area contributed by atoms with Gasteiger partial charge in [0.05, 0.1) is 19.8 Å². The first-order valence-corrected chi connectivity index (χ1v) is 11.5. The molecule has 1 amide bonds. The molecular weight excluding hydrogens is 375 g/mol. The number of alkyl halides is 3. The van der Waals surface area contributed by atoms with Crippen LogP contribution in [-0.4, -0.2) is 40.2 Å². The van der Waals surface area contributed by atoms with E-state index in [4.69, 9.17) is 9.16 Å². The van der Waals surface area contributed by atoms with Crippen LogP contribution in [0.5, 0.6) is 5.75 Å². The third-order valence-electron chi connectivity index (χ3n) is 4.84. The molecule has 0 radical (unpaired) electrons. The van der Waals surface area contributed by atoms with Gasteiger partial charge in [-0.3, -0.25) is 9.69 Å². The van der Waals surface area contributed by atoms with Gasteiger partial charge in [0.1, 0.15) is 5.75 Å². The Hall–Kier alpha value is -1.80. The highest BCUT2D eigenvalue weighted by Gasteiger charge is 2.45. The highest BCUT2D eigenvalue weighted by molar-refractivity contribution is 6.74. The van der Waals surface area contributed by atoms with Crippen molar-refractivity contribution < 1.29 is 27.1 Å². The van der Waals surface area contributed by atoms with E-state index in [0.717, 1.165) is 0 Å². The molecule has 0 saturated heterocycles. The second-order valence-corrected chi connectivity index (χ2v) is 12.6. The van der Waals surface area contributed by atoms with Crippen LogP contribution in [0.1, 0.15) is 20.8 Å². The lowest BCUT2D eigenvalue weighted by Crippen LogP contribution is -2.51. The first-order chi connectivity index (χ1) is 12.2. The monoisotopic (exact) mass is 403 g/mol. The molecule has 0 heterocycles. The van der Waals surface area contributed by atoms with Gasteiger partial charge in [-0.25, -0.2) is 0 Å². The van der Waals surface area contributed by atoms with Crippen LogP contribution in [0.25, 0.3) is 0 Å².